The summed E-state index contributed by atoms with van der Waals surface area (Å²) in [5, 5.41) is 15.5. The second kappa shape index (κ2) is 5.72. The molecule has 0 aromatic carbocycles. The zero-order valence-corrected chi connectivity index (χ0v) is 10.1. The third kappa shape index (κ3) is 3.88. The summed E-state index contributed by atoms with van der Waals surface area (Å²) in [7, 11) is 0. The van der Waals surface area contributed by atoms with Gasteiger partial charge in [0.2, 0.25) is 0 Å². The second-order valence-electron chi connectivity index (χ2n) is 2.74. The molecule has 0 atom stereocenters. The molecular weight excluding hydrogens is 282 g/mol. The number of nitrogens with zero attached hydrogens (tertiary/aromatic N) is 1. The van der Waals surface area contributed by atoms with Crippen LogP contribution < -0.4 is 11.1 Å². The number of thiophene rings is 1. The topological polar surface area (TPSA) is 87.7 Å². The van der Waals surface area contributed by atoms with Gasteiger partial charge in [-0.25, -0.2) is 0 Å². The minimum atomic E-state index is -0.164. The van der Waals surface area contributed by atoms with Gasteiger partial charge in [0.05, 0.1) is 9.35 Å². The van der Waals surface area contributed by atoms with E-state index in [9.17, 15) is 4.79 Å². The molecule has 5 nitrogen and oxygen atoms in total. The van der Waals surface area contributed by atoms with Crippen LogP contribution in [0.5, 0.6) is 0 Å². The molecule has 1 aromatic heterocycles. The van der Waals surface area contributed by atoms with E-state index in [-0.39, 0.29) is 11.7 Å². The molecule has 0 aliphatic carbocycles. The standard InChI is InChI=1S/C8H10BrN3O2S/c9-6-3-5(4-15-6)8(13)11-2-1-7(10)12-14/h3-4,14H,1-2H2,(H2,10,12)(H,11,13). The molecule has 1 heterocycles. The molecule has 7 heteroatoms. The molecule has 0 fully saturated rings. The van der Waals surface area contributed by atoms with E-state index in [4.69, 9.17) is 10.9 Å². The van der Waals surface area contributed by atoms with E-state index in [0.29, 0.717) is 18.5 Å². The highest BCUT2D eigenvalue weighted by molar-refractivity contribution is 9.11. The fraction of sp³-hybridized carbons (Fsp3) is 0.250. The van der Waals surface area contributed by atoms with Crippen LogP contribution in [-0.4, -0.2) is 23.5 Å². The Morgan fingerprint density at radius 2 is 2.47 bits per heavy atom. The van der Waals surface area contributed by atoms with E-state index in [1.54, 1.807) is 11.4 Å². The highest BCUT2D eigenvalue weighted by Gasteiger charge is 2.06. The number of nitrogens with two attached hydrogens (primary N) is 1. The van der Waals surface area contributed by atoms with Gasteiger partial charge < -0.3 is 16.3 Å². The summed E-state index contributed by atoms with van der Waals surface area (Å²) in [5.41, 5.74) is 5.85. The van der Waals surface area contributed by atoms with Gasteiger partial charge in [-0.3, -0.25) is 4.79 Å². The Hall–Kier alpha value is -1.08. The van der Waals surface area contributed by atoms with Crippen LogP contribution in [0.3, 0.4) is 0 Å². The highest BCUT2D eigenvalue weighted by Crippen LogP contribution is 2.20. The summed E-state index contributed by atoms with van der Waals surface area (Å²) in [6.45, 7) is 0.349. The van der Waals surface area contributed by atoms with Gasteiger partial charge in [-0.05, 0) is 22.0 Å². The van der Waals surface area contributed by atoms with Crippen LogP contribution in [0.4, 0.5) is 0 Å². The molecule has 1 rings (SSSR count). The lowest BCUT2D eigenvalue weighted by Crippen LogP contribution is -2.27. The van der Waals surface area contributed by atoms with Crippen molar-refractivity contribution in [1.82, 2.24) is 5.32 Å². The monoisotopic (exact) mass is 291 g/mol. The summed E-state index contributed by atoms with van der Waals surface area (Å²) >= 11 is 4.71. The summed E-state index contributed by atoms with van der Waals surface area (Å²) in [6.07, 6.45) is 0.327. The van der Waals surface area contributed by atoms with Crippen LogP contribution in [0, 0.1) is 0 Å². The Morgan fingerprint density at radius 1 is 1.73 bits per heavy atom. The van der Waals surface area contributed by atoms with Gasteiger partial charge in [0.25, 0.3) is 5.91 Å². The van der Waals surface area contributed by atoms with Gasteiger partial charge in [-0.1, -0.05) is 5.16 Å². The first-order chi connectivity index (χ1) is 7.13. The van der Waals surface area contributed by atoms with Crippen molar-refractivity contribution in [2.45, 2.75) is 6.42 Å². The summed E-state index contributed by atoms with van der Waals surface area (Å²) in [6, 6.07) is 1.74. The van der Waals surface area contributed by atoms with E-state index in [2.05, 4.69) is 26.4 Å². The lowest BCUT2D eigenvalue weighted by atomic mass is 10.3. The minimum Gasteiger partial charge on any atom is -0.409 e. The number of halogens is 1. The number of amides is 1. The first-order valence-electron chi connectivity index (χ1n) is 4.12. The Bertz CT molecular complexity index is 378. The lowest BCUT2D eigenvalue weighted by molar-refractivity contribution is 0.0955. The first kappa shape index (κ1) is 12.0. The quantitative estimate of drug-likeness (QED) is 0.339. The van der Waals surface area contributed by atoms with Crippen molar-refractivity contribution >= 4 is 39.0 Å². The van der Waals surface area contributed by atoms with Gasteiger partial charge >= 0.3 is 0 Å². The van der Waals surface area contributed by atoms with E-state index < -0.39 is 0 Å². The van der Waals surface area contributed by atoms with E-state index in [0.717, 1.165) is 3.79 Å². The Morgan fingerprint density at radius 3 is 3.00 bits per heavy atom. The number of carbonyl (C=O) groups excluding carboxylic acids is 1. The molecule has 0 aliphatic rings. The first-order valence-corrected chi connectivity index (χ1v) is 5.79. The highest BCUT2D eigenvalue weighted by atomic mass is 79.9. The van der Waals surface area contributed by atoms with E-state index in [1.807, 2.05) is 0 Å². The van der Waals surface area contributed by atoms with Crippen LogP contribution in [0.1, 0.15) is 16.8 Å². The maximum Gasteiger partial charge on any atom is 0.252 e. The predicted octanol–water partition coefficient (Wildman–Crippen LogP) is 1.38. The maximum absolute atomic E-state index is 11.5. The third-order valence-corrected chi connectivity index (χ3v) is 3.13. The molecule has 0 radical (unpaired) electrons. The van der Waals surface area contributed by atoms with Gasteiger partial charge in [0, 0.05) is 18.3 Å². The van der Waals surface area contributed by atoms with Crippen molar-refractivity contribution < 1.29 is 10.0 Å². The molecule has 1 amide bonds. The smallest absolute Gasteiger partial charge is 0.252 e. The number of hydrogen-bond donors (Lipinski definition) is 3. The summed E-state index contributed by atoms with van der Waals surface area (Å²) < 4.78 is 0.907. The normalized spacial score (nSPS) is 11.4. The Kier molecular flexibility index (Phi) is 4.57. The molecule has 1 aromatic rings. The van der Waals surface area contributed by atoms with Crippen molar-refractivity contribution in [2.75, 3.05) is 6.54 Å². The molecule has 0 saturated heterocycles. The van der Waals surface area contributed by atoms with Crippen molar-refractivity contribution in [2.24, 2.45) is 10.9 Å². The molecular formula is C8H10BrN3O2S. The molecule has 0 unspecified atom stereocenters. The fourth-order valence-corrected chi connectivity index (χ4v) is 2.02. The van der Waals surface area contributed by atoms with Crippen molar-refractivity contribution in [3.63, 3.8) is 0 Å². The molecule has 0 spiro atoms. The van der Waals surface area contributed by atoms with Gasteiger partial charge in [-0.2, -0.15) is 0 Å². The zero-order chi connectivity index (χ0) is 11.3. The van der Waals surface area contributed by atoms with E-state index >= 15 is 0 Å². The lowest BCUT2D eigenvalue weighted by Gasteiger charge is -2.01. The number of hydrogen-bond acceptors (Lipinski definition) is 4. The SMILES string of the molecule is NC(CCNC(=O)c1csc(Br)c1)=NO. The molecule has 0 saturated carbocycles. The predicted molar refractivity (Wildman–Crippen MR) is 62.4 cm³/mol. The number of rotatable bonds is 4. The summed E-state index contributed by atoms with van der Waals surface area (Å²) in [5.74, 6) is -0.0653. The van der Waals surface area contributed by atoms with Crippen molar-refractivity contribution in [1.29, 1.82) is 0 Å². The van der Waals surface area contributed by atoms with E-state index in [1.165, 1.54) is 11.3 Å². The van der Waals surface area contributed by atoms with Gasteiger partial charge in [0.1, 0.15) is 5.84 Å². The maximum atomic E-state index is 11.5. The Balaban J connectivity index is 2.37. The van der Waals surface area contributed by atoms with Crippen molar-refractivity contribution in [3.05, 3.63) is 20.8 Å². The van der Waals surface area contributed by atoms with Crippen LogP contribution in [-0.2, 0) is 0 Å². The van der Waals surface area contributed by atoms with Gasteiger partial charge in [0.15, 0.2) is 0 Å². The van der Waals surface area contributed by atoms with Crippen LogP contribution in [0.15, 0.2) is 20.4 Å². The molecule has 4 N–H and O–H groups in total. The second-order valence-corrected chi connectivity index (χ2v) is 5.03. The van der Waals surface area contributed by atoms with Crippen LogP contribution in [0.25, 0.3) is 0 Å². The number of nitrogens with one attached hydrogen (secondary N) is 1. The average molecular weight is 292 g/mol. The van der Waals surface area contributed by atoms with Crippen LogP contribution >= 0.6 is 27.3 Å². The van der Waals surface area contributed by atoms with Crippen LogP contribution in [0.2, 0.25) is 0 Å². The average Bonchev–Trinajstić information content (AvgIpc) is 2.64. The molecule has 15 heavy (non-hydrogen) atoms. The molecule has 82 valence electrons. The zero-order valence-electron chi connectivity index (χ0n) is 7.74. The summed E-state index contributed by atoms with van der Waals surface area (Å²) in [4.78, 5) is 11.5. The fourth-order valence-electron chi connectivity index (χ4n) is 0.885. The number of oxime groups is 1. The minimum absolute atomic E-state index is 0.0989. The molecule has 0 aliphatic heterocycles. The van der Waals surface area contributed by atoms with Crippen molar-refractivity contribution in [3.8, 4) is 0 Å². The number of amidine groups is 1. The Labute approximate surface area is 99.1 Å². The third-order valence-electron chi connectivity index (χ3n) is 1.62. The number of carbonyl (C=O) groups is 1. The molecule has 0 bridgehead atoms. The largest absolute Gasteiger partial charge is 0.409 e. The van der Waals surface area contributed by atoms with Gasteiger partial charge in [-0.15, -0.1) is 11.3 Å².